The molecule has 0 radical (unpaired) electrons. The van der Waals surface area contributed by atoms with Crippen molar-refractivity contribution in [1.82, 2.24) is 0 Å². The molecule has 3 rings (SSSR count). The molecule has 2 aromatic rings. The first-order chi connectivity index (χ1) is 9.23. The Morgan fingerprint density at radius 3 is 2.37 bits per heavy atom. The molecule has 1 fully saturated rings. The van der Waals surface area contributed by atoms with Crippen LogP contribution in [0.15, 0.2) is 36.4 Å². The number of aryl methyl sites for hydroxylation is 1. The van der Waals surface area contributed by atoms with Crippen LogP contribution >= 0.6 is 0 Å². The minimum atomic E-state index is 0.233. The van der Waals surface area contributed by atoms with Crippen molar-refractivity contribution in [1.29, 1.82) is 0 Å². The van der Waals surface area contributed by atoms with E-state index in [9.17, 15) is 0 Å². The van der Waals surface area contributed by atoms with Gasteiger partial charge in [0.2, 0.25) is 0 Å². The average Bonchev–Trinajstić information content (AvgIpc) is 2.47. The van der Waals surface area contributed by atoms with E-state index < -0.39 is 0 Å². The van der Waals surface area contributed by atoms with E-state index in [1.165, 1.54) is 54.0 Å². The van der Waals surface area contributed by atoms with E-state index in [1.807, 2.05) is 0 Å². The normalized spacial score (nSPS) is 18.6. The van der Waals surface area contributed by atoms with E-state index in [-0.39, 0.29) is 5.41 Å². The lowest BCUT2D eigenvalue weighted by molar-refractivity contribution is 0.301. The van der Waals surface area contributed by atoms with Crippen molar-refractivity contribution in [2.75, 3.05) is 6.54 Å². The maximum atomic E-state index is 6.14. The maximum absolute atomic E-state index is 6.14. The highest BCUT2D eigenvalue weighted by Crippen LogP contribution is 2.39. The smallest absolute Gasteiger partial charge is 0.00757 e. The van der Waals surface area contributed by atoms with E-state index in [4.69, 9.17) is 5.73 Å². The summed E-state index contributed by atoms with van der Waals surface area (Å²) in [5, 5.41) is 2.69. The molecule has 2 N–H and O–H groups in total. The number of rotatable bonds is 2. The summed E-state index contributed by atoms with van der Waals surface area (Å²) in [4.78, 5) is 0. The van der Waals surface area contributed by atoms with Crippen molar-refractivity contribution in [3.8, 4) is 0 Å². The van der Waals surface area contributed by atoms with Gasteiger partial charge in [-0.15, -0.1) is 0 Å². The fraction of sp³-hybridized carbons (Fsp3) is 0.444. The molecular weight excluding hydrogens is 230 g/mol. The van der Waals surface area contributed by atoms with Crippen LogP contribution in [0, 0.1) is 6.92 Å². The Labute approximate surface area is 115 Å². The van der Waals surface area contributed by atoms with Gasteiger partial charge in [-0.3, -0.25) is 0 Å². The van der Waals surface area contributed by atoms with Gasteiger partial charge in [0.25, 0.3) is 0 Å². The molecular formula is C18H23N. The molecule has 0 bridgehead atoms. The summed E-state index contributed by atoms with van der Waals surface area (Å²) in [6.07, 6.45) is 6.52. The zero-order chi connectivity index (χ0) is 13.3. The van der Waals surface area contributed by atoms with E-state index >= 15 is 0 Å². The Morgan fingerprint density at radius 1 is 0.947 bits per heavy atom. The first-order valence-electron chi connectivity index (χ1n) is 7.44. The van der Waals surface area contributed by atoms with E-state index in [0.29, 0.717) is 0 Å². The van der Waals surface area contributed by atoms with Crippen molar-refractivity contribution in [2.45, 2.75) is 44.4 Å². The van der Waals surface area contributed by atoms with Gasteiger partial charge in [0.15, 0.2) is 0 Å². The molecule has 100 valence electrons. The third-order valence-electron chi connectivity index (χ3n) is 4.81. The number of hydrogen-bond acceptors (Lipinski definition) is 1. The monoisotopic (exact) mass is 253 g/mol. The zero-order valence-corrected chi connectivity index (χ0v) is 11.8. The lowest BCUT2D eigenvalue weighted by Gasteiger charge is -2.37. The van der Waals surface area contributed by atoms with Gasteiger partial charge in [0.05, 0.1) is 0 Å². The Balaban J connectivity index is 2.06. The van der Waals surface area contributed by atoms with Crippen LogP contribution in [-0.2, 0) is 5.41 Å². The van der Waals surface area contributed by atoms with E-state index in [2.05, 4.69) is 43.3 Å². The van der Waals surface area contributed by atoms with E-state index in [0.717, 1.165) is 6.54 Å². The van der Waals surface area contributed by atoms with Gasteiger partial charge in [-0.1, -0.05) is 61.2 Å². The second-order valence-electron chi connectivity index (χ2n) is 6.11. The maximum Gasteiger partial charge on any atom is 0.00757 e. The molecule has 0 amide bonds. The summed E-state index contributed by atoms with van der Waals surface area (Å²) in [5.41, 5.74) is 9.15. The molecule has 19 heavy (non-hydrogen) atoms. The number of benzene rings is 2. The Kier molecular flexibility index (Phi) is 3.32. The summed E-state index contributed by atoms with van der Waals surface area (Å²) in [6.45, 7) is 2.93. The fourth-order valence-electron chi connectivity index (χ4n) is 3.53. The van der Waals surface area contributed by atoms with Crippen LogP contribution < -0.4 is 5.73 Å². The van der Waals surface area contributed by atoms with Crippen LogP contribution in [0.4, 0.5) is 0 Å². The summed E-state index contributed by atoms with van der Waals surface area (Å²) < 4.78 is 0. The van der Waals surface area contributed by atoms with Gasteiger partial charge in [-0.05, 0) is 36.1 Å². The summed E-state index contributed by atoms with van der Waals surface area (Å²) in [5.74, 6) is 0. The summed E-state index contributed by atoms with van der Waals surface area (Å²) >= 11 is 0. The average molecular weight is 253 g/mol. The molecule has 0 aromatic heterocycles. The van der Waals surface area contributed by atoms with Gasteiger partial charge in [0.1, 0.15) is 0 Å². The standard InChI is InChI=1S/C18H23N/c1-14-5-6-16-12-17(8-7-15(16)11-14)18(13-19)9-3-2-4-10-18/h5-8,11-12H,2-4,9-10,13,19H2,1H3. The SMILES string of the molecule is Cc1ccc2cc(C3(CN)CCCCC3)ccc2c1. The van der Waals surface area contributed by atoms with Crippen LogP contribution in [0.3, 0.4) is 0 Å². The van der Waals surface area contributed by atoms with Crippen molar-refractivity contribution in [3.63, 3.8) is 0 Å². The molecule has 0 saturated heterocycles. The highest BCUT2D eigenvalue weighted by Gasteiger charge is 2.32. The molecule has 0 unspecified atom stereocenters. The summed E-state index contributed by atoms with van der Waals surface area (Å²) in [6, 6.07) is 13.6. The molecule has 0 atom stereocenters. The topological polar surface area (TPSA) is 26.0 Å². The van der Waals surface area contributed by atoms with Gasteiger partial charge in [0, 0.05) is 12.0 Å². The number of fused-ring (bicyclic) bond motifs is 1. The van der Waals surface area contributed by atoms with Crippen molar-refractivity contribution < 1.29 is 0 Å². The second kappa shape index (κ2) is 4.97. The Morgan fingerprint density at radius 2 is 1.63 bits per heavy atom. The highest BCUT2D eigenvalue weighted by atomic mass is 14.6. The Hall–Kier alpha value is -1.34. The Bertz CT molecular complexity index is 579. The molecule has 1 saturated carbocycles. The molecule has 1 aliphatic carbocycles. The van der Waals surface area contributed by atoms with Gasteiger partial charge >= 0.3 is 0 Å². The molecule has 0 aliphatic heterocycles. The predicted molar refractivity (Wildman–Crippen MR) is 82.5 cm³/mol. The van der Waals surface area contributed by atoms with Crippen molar-refractivity contribution in [3.05, 3.63) is 47.5 Å². The fourth-order valence-corrected chi connectivity index (χ4v) is 3.53. The van der Waals surface area contributed by atoms with Gasteiger partial charge in [-0.25, -0.2) is 0 Å². The first-order valence-corrected chi connectivity index (χ1v) is 7.44. The van der Waals surface area contributed by atoms with Gasteiger partial charge in [-0.2, -0.15) is 0 Å². The number of hydrogen-bond donors (Lipinski definition) is 1. The number of nitrogens with two attached hydrogens (primary N) is 1. The highest BCUT2D eigenvalue weighted by molar-refractivity contribution is 5.84. The molecule has 1 aliphatic rings. The van der Waals surface area contributed by atoms with Crippen LogP contribution in [0.5, 0.6) is 0 Å². The summed E-state index contributed by atoms with van der Waals surface area (Å²) in [7, 11) is 0. The minimum absolute atomic E-state index is 0.233. The van der Waals surface area contributed by atoms with Crippen molar-refractivity contribution in [2.24, 2.45) is 5.73 Å². The molecule has 0 spiro atoms. The third-order valence-corrected chi connectivity index (χ3v) is 4.81. The quantitative estimate of drug-likeness (QED) is 0.848. The zero-order valence-electron chi connectivity index (χ0n) is 11.8. The lowest BCUT2D eigenvalue weighted by Crippen LogP contribution is -2.37. The lowest BCUT2D eigenvalue weighted by atomic mass is 9.69. The molecule has 1 nitrogen and oxygen atoms in total. The van der Waals surface area contributed by atoms with Gasteiger partial charge < -0.3 is 5.73 Å². The first kappa shape index (κ1) is 12.7. The van der Waals surface area contributed by atoms with E-state index in [1.54, 1.807) is 0 Å². The van der Waals surface area contributed by atoms with Crippen LogP contribution in [0.1, 0.15) is 43.2 Å². The largest absolute Gasteiger partial charge is 0.330 e. The third kappa shape index (κ3) is 2.28. The predicted octanol–water partition coefficient (Wildman–Crippen LogP) is 4.31. The van der Waals surface area contributed by atoms with Crippen molar-refractivity contribution >= 4 is 10.8 Å². The molecule has 1 heteroatoms. The second-order valence-corrected chi connectivity index (χ2v) is 6.11. The van der Waals surface area contributed by atoms with Crippen LogP contribution in [0.2, 0.25) is 0 Å². The van der Waals surface area contributed by atoms with Crippen LogP contribution in [-0.4, -0.2) is 6.54 Å². The molecule has 0 heterocycles. The van der Waals surface area contributed by atoms with Crippen LogP contribution in [0.25, 0.3) is 10.8 Å². The minimum Gasteiger partial charge on any atom is -0.330 e. The molecule has 2 aromatic carbocycles.